The van der Waals surface area contributed by atoms with Crippen LogP contribution in [0.15, 0.2) is 34.7 Å². The molecule has 1 atom stereocenters. The first-order valence-electron chi connectivity index (χ1n) is 5.53. The molecule has 2 aromatic rings. The lowest BCUT2D eigenvalue weighted by Gasteiger charge is -2.14. The molecule has 0 spiro atoms. The molecule has 0 aliphatic carbocycles. The van der Waals surface area contributed by atoms with Gasteiger partial charge in [0.1, 0.15) is 5.01 Å². The maximum Gasteiger partial charge on any atom is 0.175 e. The van der Waals surface area contributed by atoms with E-state index in [-0.39, 0.29) is 10.9 Å². The Labute approximate surface area is 121 Å². The number of sulfone groups is 1. The molecule has 2 rings (SSSR count). The minimum atomic E-state index is -3.24. The van der Waals surface area contributed by atoms with Crippen LogP contribution in [0, 0.1) is 0 Å². The predicted octanol–water partition coefficient (Wildman–Crippen LogP) is 3.37. The molecule has 1 N–H and O–H groups in total. The van der Waals surface area contributed by atoms with Crippen LogP contribution in [0.3, 0.4) is 0 Å². The van der Waals surface area contributed by atoms with Gasteiger partial charge in [0.2, 0.25) is 0 Å². The zero-order valence-corrected chi connectivity index (χ0v) is 12.8. The highest BCUT2D eigenvalue weighted by Crippen LogP contribution is 2.29. The van der Waals surface area contributed by atoms with Crippen LogP contribution in [0.5, 0.6) is 0 Å². The monoisotopic (exact) mass is 316 g/mol. The molecular weight excluding hydrogens is 304 g/mol. The number of nitrogens with one attached hydrogen (secondary N) is 1. The molecule has 1 aromatic heterocycles. The van der Waals surface area contributed by atoms with Crippen LogP contribution < -0.4 is 5.32 Å². The maximum absolute atomic E-state index is 11.5. The number of nitrogens with zero attached hydrogens (tertiary/aromatic N) is 1. The van der Waals surface area contributed by atoms with Crippen molar-refractivity contribution in [2.75, 3.05) is 11.6 Å². The third-order valence-corrected chi connectivity index (χ3v) is 4.96. The molecule has 0 aliphatic heterocycles. The molecule has 0 saturated carbocycles. The topological polar surface area (TPSA) is 59.1 Å². The summed E-state index contributed by atoms with van der Waals surface area (Å²) in [6, 6.07) is 4.58. The highest BCUT2D eigenvalue weighted by atomic mass is 35.5. The summed E-state index contributed by atoms with van der Waals surface area (Å²) in [6.07, 6.45) is 2.90. The molecule has 102 valence electrons. The van der Waals surface area contributed by atoms with Gasteiger partial charge in [-0.1, -0.05) is 11.6 Å². The van der Waals surface area contributed by atoms with Crippen LogP contribution in [-0.2, 0) is 9.84 Å². The fourth-order valence-corrected chi connectivity index (χ4v) is 3.05. The van der Waals surface area contributed by atoms with E-state index in [9.17, 15) is 8.42 Å². The molecule has 1 heterocycles. The lowest BCUT2D eigenvalue weighted by Crippen LogP contribution is -2.07. The number of thiazole rings is 1. The molecule has 0 radical (unpaired) electrons. The van der Waals surface area contributed by atoms with Gasteiger partial charge in [-0.25, -0.2) is 13.4 Å². The Morgan fingerprint density at radius 2 is 2.16 bits per heavy atom. The minimum Gasteiger partial charge on any atom is -0.375 e. The average molecular weight is 317 g/mol. The maximum atomic E-state index is 11.5. The molecule has 0 aliphatic rings. The van der Waals surface area contributed by atoms with E-state index in [1.807, 2.05) is 12.3 Å². The van der Waals surface area contributed by atoms with Gasteiger partial charge in [0.25, 0.3) is 0 Å². The van der Waals surface area contributed by atoms with Crippen molar-refractivity contribution in [3.8, 4) is 0 Å². The smallest absolute Gasteiger partial charge is 0.175 e. The summed E-state index contributed by atoms with van der Waals surface area (Å²) >= 11 is 7.61. The van der Waals surface area contributed by atoms with E-state index in [0.717, 1.165) is 5.01 Å². The number of halogens is 1. The standard InChI is InChI=1S/C12H13ClN2O2S2/c1-8(12-14-5-6-18-12)15-11-7-9(19(2,16)17)3-4-10(11)13/h3-8,15H,1-2H3. The van der Waals surface area contributed by atoms with E-state index < -0.39 is 9.84 Å². The van der Waals surface area contributed by atoms with Gasteiger partial charge in [0.05, 0.1) is 21.6 Å². The summed E-state index contributed by atoms with van der Waals surface area (Å²) < 4.78 is 23.1. The van der Waals surface area contributed by atoms with Crippen LogP contribution >= 0.6 is 22.9 Å². The lowest BCUT2D eigenvalue weighted by atomic mass is 10.2. The lowest BCUT2D eigenvalue weighted by molar-refractivity contribution is 0.602. The second kappa shape index (κ2) is 5.48. The first-order chi connectivity index (χ1) is 8.88. The van der Waals surface area contributed by atoms with E-state index in [2.05, 4.69) is 10.3 Å². The molecular formula is C12H13ClN2O2S2. The van der Waals surface area contributed by atoms with Gasteiger partial charge in [-0.2, -0.15) is 0 Å². The van der Waals surface area contributed by atoms with Crippen molar-refractivity contribution < 1.29 is 8.42 Å². The second-order valence-electron chi connectivity index (χ2n) is 4.15. The highest BCUT2D eigenvalue weighted by Gasteiger charge is 2.13. The number of benzene rings is 1. The Morgan fingerprint density at radius 3 is 2.74 bits per heavy atom. The highest BCUT2D eigenvalue weighted by molar-refractivity contribution is 7.90. The van der Waals surface area contributed by atoms with E-state index >= 15 is 0 Å². The first kappa shape index (κ1) is 14.3. The zero-order valence-electron chi connectivity index (χ0n) is 10.4. The van der Waals surface area contributed by atoms with Crippen LogP contribution in [0.4, 0.5) is 5.69 Å². The van der Waals surface area contributed by atoms with Crippen molar-refractivity contribution in [3.63, 3.8) is 0 Å². The Hall–Kier alpha value is -1.11. The SMILES string of the molecule is CC(Nc1cc(S(C)(=O)=O)ccc1Cl)c1nccs1. The van der Waals surface area contributed by atoms with Gasteiger partial charge in [-0.15, -0.1) is 11.3 Å². The summed E-state index contributed by atoms with van der Waals surface area (Å²) in [4.78, 5) is 4.45. The summed E-state index contributed by atoms with van der Waals surface area (Å²) in [6.45, 7) is 1.95. The van der Waals surface area contributed by atoms with Crippen LogP contribution in [0.25, 0.3) is 0 Å². The zero-order chi connectivity index (χ0) is 14.0. The van der Waals surface area contributed by atoms with Crippen molar-refractivity contribution in [2.24, 2.45) is 0 Å². The third-order valence-electron chi connectivity index (χ3n) is 2.56. The van der Waals surface area contributed by atoms with Gasteiger partial charge in [-0.3, -0.25) is 0 Å². The van der Waals surface area contributed by atoms with E-state index in [1.165, 1.54) is 23.7 Å². The molecule has 0 fully saturated rings. The Bertz CT molecular complexity index is 669. The summed E-state index contributed by atoms with van der Waals surface area (Å²) in [5.74, 6) is 0. The number of aromatic nitrogens is 1. The molecule has 7 heteroatoms. The molecule has 19 heavy (non-hydrogen) atoms. The fourth-order valence-electron chi connectivity index (χ4n) is 1.59. The summed E-state index contributed by atoms with van der Waals surface area (Å²) in [5, 5.41) is 6.47. The molecule has 4 nitrogen and oxygen atoms in total. The van der Waals surface area contributed by atoms with Crippen molar-refractivity contribution in [3.05, 3.63) is 39.8 Å². The average Bonchev–Trinajstić information content (AvgIpc) is 2.84. The Balaban J connectivity index is 2.30. The molecule has 1 aromatic carbocycles. The first-order valence-corrected chi connectivity index (χ1v) is 8.68. The Morgan fingerprint density at radius 1 is 1.42 bits per heavy atom. The van der Waals surface area contributed by atoms with Gasteiger partial charge in [0, 0.05) is 17.8 Å². The number of anilines is 1. The number of hydrogen-bond donors (Lipinski definition) is 1. The van der Waals surface area contributed by atoms with Gasteiger partial charge in [0.15, 0.2) is 9.84 Å². The fraction of sp³-hybridized carbons (Fsp3) is 0.250. The van der Waals surface area contributed by atoms with Crippen LogP contribution in [0.1, 0.15) is 18.0 Å². The van der Waals surface area contributed by atoms with Crippen molar-refractivity contribution >= 4 is 38.5 Å². The van der Waals surface area contributed by atoms with Crippen LogP contribution in [-0.4, -0.2) is 19.7 Å². The van der Waals surface area contributed by atoms with E-state index in [1.54, 1.807) is 18.3 Å². The number of hydrogen-bond acceptors (Lipinski definition) is 5. The third kappa shape index (κ3) is 3.46. The van der Waals surface area contributed by atoms with Gasteiger partial charge >= 0.3 is 0 Å². The van der Waals surface area contributed by atoms with Crippen molar-refractivity contribution in [1.29, 1.82) is 0 Å². The van der Waals surface area contributed by atoms with Crippen molar-refractivity contribution in [2.45, 2.75) is 17.9 Å². The van der Waals surface area contributed by atoms with E-state index in [4.69, 9.17) is 11.6 Å². The molecule has 0 amide bonds. The van der Waals surface area contributed by atoms with E-state index in [0.29, 0.717) is 10.7 Å². The summed E-state index contributed by atoms with van der Waals surface area (Å²) in [5.41, 5.74) is 0.590. The summed E-state index contributed by atoms with van der Waals surface area (Å²) in [7, 11) is -3.24. The largest absolute Gasteiger partial charge is 0.375 e. The second-order valence-corrected chi connectivity index (χ2v) is 7.50. The quantitative estimate of drug-likeness (QED) is 0.939. The van der Waals surface area contributed by atoms with Gasteiger partial charge in [-0.05, 0) is 25.1 Å². The predicted molar refractivity (Wildman–Crippen MR) is 78.7 cm³/mol. The molecule has 1 unspecified atom stereocenters. The van der Waals surface area contributed by atoms with Crippen molar-refractivity contribution in [1.82, 2.24) is 4.98 Å². The minimum absolute atomic E-state index is 0.0349. The normalized spacial score (nSPS) is 13.2. The van der Waals surface area contributed by atoms with Gasteiger partial charge < -0.3 is 5.32 Å². The molecule has 0 saturated heterocycles. The number of rotatable bonds is 4. The molecule has 0 bridgehead atoms. The Kier molecular flexibility index (Phi) is 4.13. The van der Waals surface area contributed by atoms with Crippen LogP contribution in [0.2, 0.25) is 5.02 Å².